The van der Waals surface area contributed by atoms with Gasteiger partial charge in [-0.25, -0.2) is 4.98 Å². The summed E-state index contributed by atoms with van der Waals surface area (Å²) in [6.45, 7) is 2.03. The molecule has 0 aliphatic carbocycles. The van der Waals surface area contributed by atoms with Crippen molar-refractivity contribution in [3.63, 3.8) is 0 Å². The van der Waals surface area contributed by atoms with Crippen LogP contribution in [0.3, 0.4) is 0 Å². The third-order valence-corrected chi connectivity index (χ3v) is 3.62. The summed E-state index contributed by atoms with van der Waals surface area (Å²) in [4.78, 5) is 4.54. The van der Waals surface area contributed by atoms with E-state index in [1.807, 2.05) is 37.3 Å². The Balaban J connectivity index is 1.86. The van der Waals surface area contributed by atoms with Crippen molar-refractivity contribution < 1.29 is 8.83 Å². The molecule has 0 saturated carbocycles. The molecule has 18 heavy (non-hydrogen) atoms. The number of benzene rings is 1. The van der Waals surface area contributed by atoms with Crippen molar-refractivity contribution in [2.75, 3.05) is 0 Å². The molecule has 0 bridgehead atoms. The van der Waals surface area contributed by atoms with E-state index in [4.69, 9.17) is 8.83 Å². The maximum Gasteiger partial charge on any atom is 0.197 e. The molecule has 0 radical (unpaired) electrons. The highest BCUT2D eigenvalue weighted by Gasteiger charge is 2.17. The first-order valence-electron chi connectivity index (χ1n) is 5.76. The normalized spacial score (nSPS) is 13.0. The molecule has 3 nitrogen and oxygen atoms in total. The van der Waals surface area contributed by atoms with E-state index in [0.29, 0.717) is 12.3 Å². The molecule has 0 amide bonds. The van der Waals surface area contributed by atoms with Gasteiger partial charge in [0, 0.05) is 6.42 Å². The van der Waals surface area contributed by atoms with E-state index in [1.54, 1.807) is 6.26 Å². The highest BCUT2D eigenvalue weighted by molar-refractivity contribution is 9.09. The van der Waals surface area contributed by atoms with Crippen LogP contribution < -0.4 is 0 Å². The lowest BCUT2D eigenvalue weighted by molar-refractivity contribution is 0.476. The topological polar surface area (TPSA) is 39.2 Å². The molecule has 0 spiro atoms. The number of aromatic nitrogens is 1. The van der Waals surface area contributed by atoms with Gasteiger partial charge in [-0.3, -0.25) is 0 Å². The summed E-state index contributed by atoms with van der Waals surface area (Å²) in [7, 11) is 0. The molecular weight excluding hydrogens is 294 g/mol. The number of nitrogens with zero attached hydrogens (tertiary/aromatic N) is 1. The Morgan fingerprint density at radius 2 is 2.11 bits per heavy atom. The smallest absolute Gasteiger partial charge is 0.197 e. The molecule has 1 unspecified atom stereocenters. The van der Waals surface area contributed by atoms with E-state index >= 15 is 0 Å². The molecule has 3 aromatic rings. The van der Waals surface area contributed by atoms with Crippen molar-refractivity contribution in [3.8, 4) is 0 Å². The maximum absolute atomic E-state index is 5.69. The number of hydrogen-bond donors (Lipinski definition) is 0. The number of furan rings is 1. The summed E-state index contributed by atoms with van der Waals surface area (Å²) in [6, 6.07) is 9.73. The average molecular weight is 306 g/mol. The Kier molecular flexibility index (Phi) is 2.96. The molecule has 1 aromatic carbocycles. The zero-order valence-electron chi connectivity index (χ0n) is 9.89. The van der Waals surface area contributed by atoms with Crippen LogP contribution in [-0.4, -0.2) is 4.98 Å². The second-order valence-corrected chi connectivity index (χ2v) is 5.32. The van der Waals surface area contributed by atoms with Gasteiger partial charge < -0.3 is 8.83 Å². The average Bonchev–Trinajstić information content (AvgIpc) is 2.94. The van der Waals surface area contributed by atoms with E-state index < -0.39 is 0 Å². The number of hydrogen-bond acceptors (Lipinski definition) is 3. The fourth-order valence-corrected chi connectivity index (χ4v) is 2.70. The molecule has 2 aromatic heterocycles. The standard InChI is InChI=1S/C14H12BrNO2/c1-9-6-7-17-14(9)10(15)8-13-16-11-4-2-3-5-12(11)18-13/h2-7,10H,8H2,1H3. The lowest BCUT2D eigenvalue weighted by atomic mass is 10.2. The number of oxazole rings is 1. The molecule has 0 aliphatic heterocycles. The maximum atomic E-state index is 5.69. The third kappa shape index (κ3) is 2.08. The van der Waals surface area contributed by atoms with Gasteiger partial charge in [0.1, 0.15) is 11.3 Å². The first-order valence-corrected chi connectivity index (χ1v) is 6.68. The van der Waals surface area contributed by atoms with Crippen LogP contribution in [0.5, 0.6) is 0 Å². The zero-order valence-corrected chi connectivity index (χ0v) is 11.5. The quantitative estimate of drug-likeness (QED) is 0.673. The van der Waals surface area contributed by atoms with Crippen molar-refractivity contribution in [2.24, 2.45) is 0 Å². The van der Waals surface area contributed by atoms with Crippen molar-refractivity contribution in [1.82, 2.24) is 4.98 Å². The van der Waals surface area contributed by atoms with Crippen LogP contribution in [0.1, 0.15) is 22.0 Å². The van der Waals surface area contributed by atoms with Crippen LogP contribution in [0.15, 0.2) is 45.4 Å². The molecule has 0 N–H and O–H groups in total. The predicted molar refractivity (Wildman–Crippen MR) is 72.8 cm³/mol. The van der Waals surface area contributed by atoms with Crippen LogP contribution in [0.2, 0.25) is 0 Å². The molecule has 3 rings (SSSR count). The Bertz CT molecular complexity index is 638. The van der Waals surface area contributed by atoms with E-state index in [-0.39, 0.29) is 4.83 Å². The summed E-state index contributed by atoms with van der Waals surface area (Å²) < 4.78 is 11.1. The number of rotatable bonds is 3. The van der Waals surface area contributed by atoms with Crippen molar-refractivity contribution in [1.29, 1.82) is 0 Å². The van der Waals surface area contributed by atoms with Crippen LogP contribution >= 0.6 is 15.9 Å². The largest absolute Gasteiger partial charge is 0.468 e. The van der Waals surface area contributed by atoms with Crippen molar-refractivity contribution in [3.05, 3.63) is 53.8 Å². The predicted octanol–water partition coefficient (Wildman–Crippen LogP) is 4.41. The van der Waals surface area contributed by atoms with Gasteiger partial charge in [0.25, 0.3) is 0 Å². The molecule has 0 saturated heterocycles. The monoisotopic (exact) mass is 305 g/mol. The summed E-state index contributed by atoms with van der Waals surface area (Å²) in [6.07, 6.45) is 2.37. The van der Waals surface area contributed by atoms with Gasteiger partial charge in [0.15, 0.2) is 11.5 Å². The number of aryl methyl sites for hydroxylation is 1. The first-order chi connectivity index (χ1) is 8.74. The highest BCUT2D eigenvalue weighted by atomic mass is 79.9. The van der Waals surface area contributed by atoms with Crippen molar-refractivity contribution >= 4 is 27.0 Å². The summed E-state index contributed by atoms with van der Waals surface area (Å²) >= 11 is 3.62. The Morgan fingerprint density at radius 1 is 1.28 bits per heavy atom. The number of alkyl halides is 1. The van der Waals surface area contributed by atoms with E-state index in [1.165, 1.54) is 0 Å². The summed E-state index contributed by atoms with van der Waals surface area (Å²) in [5, 5.41) is 0. The van der Waals surface area contributed by atoms with E-state index in [9.17, 15) is 0 Å². The second kappa shape index (κ2) is 4.61. The van der Waals surface area contributed by atoms with Gasteiger partial charge in [0.2, 0.25) is 0 Å². The van der Waals surface area contributed by atoms with Crippen LogP contribution in [0, 0.1) is 6.92 Å². The number of para-hydroxylation sites is 2. The lowest BCUT2D eigenvalue weighted by Crippen LogP contribution is -1.95. The Hall–Kier alpha value is -1.55. The summed E-state index contributed by atoms with van der Waals surface area (Å²) in [5.74, 6) is 1.64. The summed E-state index contributed by atoms with van der Waals surface area (Å²) in [5.41, 5.74) is 2.85. The van der Waals surface area contributed by atoms with Crippen LogP contribution in [0.25, 0.3) is 11.1 Å². The van der Waals surface area contributed by atoms with E-state index in [2.05, 4.69) is 20.9 Å². The SMILES string of the molecule is Cc1ccoc1C(Br)Cc1nc2ccccc2o1. The third-order valence-electron chi connectivity index (χ3n) is 2.88. The van der Waals surface area contributed by atoms with E-state index in [0.717, 1.165) is 22.4 Å². The van der Waals surface area contributed by atoms with Gasteiger partial charge in [-0.1, -0.05) is 28.1 Å². The minimum atomic E-state index is 0.0839. The Labute approximate surface area is 113 Å². The number of halogens is 1. The number of fused-ring (bicyclic) bond motifs is 1. The highest BCUT2D eigenvalue weighted by Crippen LogP contribution is 2.30. The van der Waals surface area contributed by atoms with Crippen LogP contribution in [0.4, 0.5) is 0 Å². The molecule has 4 heteroatoms. The van der Waals surface area contributed by atoms with Gasteiger partial charge >= 0.3 is 0 Å². The van der Waals surface area contributed by atoms with Crippen LogP contribution in [-0.2, 0) is 6.42 Å². The second-order valence-electron chi connectivity index (χ2n) is 4.21. The van der Waals surface area contributed by atoms with Crippen molar-refractivity contribution in [2.45, 2.75) is 18.2 Å². The minimum Gasteiger partial charge on any atom is -0.468 e. The van der Waals surface area contributed by atoms with Gasteiger partial charge in [0.05, 0.1) is 11.1 Å². The first kappa shape index (κ1) is 11.5. The van der Waals surface area contributed by atoms with Gasteiger partial charge in [-0.2, -0.15) is 0 Å². The van der Waals surface area contributed by atoms with Gasteiger partial charge in [-0.05, 0) is 30.7 Å². The van der Waals surface area contributed by atoms with Gasteiger partial charge in [-0.15, -0.1) is 0 Å². The molecule has 92 valence electrons. The molecule has 2 heterocycles. The zero-order chi connectivity index (χ0) is 12.5. The fraction of sp³-hybridized carbons (Fsp3) is 0.214. The molecular formula is C14H12BrNO2. The lowest BCUT2D eigenvalue weighted by Gasteiger charge is -2.04. The Morgan fingerprint density at radius 3 is 2.83 bits per heavy atom. The fourth-order valence-electron chi connectivity index (χ4n) is 1.96. The minimum absolute atomic E-state index is 0.0839. The molecule has 0 fully saturated rings. The molecule has 0 aliphatic rings. The molecule has 1 atom stereocenters.